The molecule has 0 saturated heterocycles. The molecule has 0 aliphatic rings. The van der Waals surface area contributed by atoms with Crippen molar-refractivity contribution in [3.05, 3.63) is 100 Å². The van der Waals surface area contributed by atoms with Gasteiger partial charge in [-0.3, -0.25) is 0 Å². The second-order valence-corrected chi connectivity index (χ2v) is 11.5. The Labute approximate surface area is 246 Å². The summed E-state index contributed by atoms with van der Waals surface area (Å²) in [6, 6.07) is 18.3. The molecule has 1 heterocycles. The van der Waals surface area contributed by atoms with Crippen molar-refractivity contribution < 1.29 is 35.8 Å². The molecule has 3 aromatic carbocycles. The van der Waals surface area contributed by atoms with E-state index in [2.05, 4.69) is 10.2 Å². The van der Waals surface area contributed by atoms with Gasteiger partial charge in [-0.25, -0.2) is 8.42 Å². The summed E-state index contributed by atoms with van der Waals surface area (Å²) in [4.78, 5) is 0. The lowest BCUT2D eigenvalue weighted by molar-refractivity contribution is -0.137. The number of rotatable bonds is 11. The highest BCUT2D eigenvalue weighted by atomic mass is 35.5. The molecule has 0 radical (unpaired) electrons. The summed E-state index contributed by atoms with van der Waals surface area (Å²) >= 11 is 6.28. The molecule has 0 saturated carbocycles. The average molecular weight is 622 g/mol. The van der Waals surface area contributed by atoms with Gasteiger partial charge in [0.1, 0.15) is 17.2 Å². The van der Waals surface area contributed by atoms with Gasteiger partial charge < -0.3 is 14.2 Å². The standard InChI is InChI=1S/C29H27ClF3N3O5S/c1-39-23-9-4-19(5-10-23)16-36(17-20-6-11-24(40-2)12-7-20)42(37,38)18-21-14-26(34-35-28(21)30)25-13-8-22(29(31,32)33)15-27(25)41-3/h4-15H,16-18H2,1-3H3. The fourth-order valence-electron chi connectivity index (χ4n) is 4.14. The summed E-state index contributed by atoms with van der Waals surface area (Å²) in [5, 5.41) is 7.71. The highest BCUT2D eigenvalue weighted by Crippen LogP contribution is 2.37. The van der Waals surface area contributed by atoms with Gasteiger partial charge in [-0.15, -0.1) is 10.2 Å². The Hall–Kier alpha value is -3.87. The van der Waals surface area contributed by atoms with Crippen LogP contribution in [0.3, 0.4) is 0 Å². The first-order valence-electron chi connectivity index (χ1n) is 12.4. The van der Waals surface area contributed by atoms with Gasteiger partial charge in [0.15, 0.2) is 5.15 Å². The van der Waals surface area contributed by atoms with Crippen LogP contribution in [0.2, 0.25) is 5.15 Å². The molecule has 13 heteroatoms. The van der Waals surface area contributed by atoms with Crippen molar-refractivity contribution in [3.63, 3.8) is 0 Å². The maximum Gasteiger partial charge on any atom is 0.416 e. The van der Waals surface area contributed by atoms with Crippen LogP contribution in [0.1, 0.15) is 22.3 Å². The number of aromatic nitrogens is 2. The SMILES string of the molecule is COc1ccc(CN(Cc2ccc(OC)cc2)S(=O)(=O)Cc2cc(-c3ccc(C(F)(F)F)cc3OC)nnc2Cl)cc1. The normalized spacial score (nSPS) is 11.9. The van der Waals surface area contributed by atoms with Crippen molar-refractivity contribution in [2.75, 3.05) is 21.3 Å². The lowest BCUT2D eigenvalue weighted by Gasteiger charge is -2.23. The Balaban J connectivity index is 1.68. The molecule has 1 aromatic heterocycles. The van der Waals surface area contributed by atoms with Gasteiger partial charge in [0.25, 0.3) is 0 Å². The fraction of sp³-hybridized carbons (Fsp3) is 0.241. The van der Waals surface area contributed by atoms with Gasteiger partial charge in [0, 0.05) is 24.2 Å². The zero-order valence-corrected chi connectivity index (χ0v) is 24.4. The van der Waals surface area contributed by atoms with E-state index in [-0.39, 0.29) is 40.8 Å². The smallest absolute Gasteiger partial charge is 0.416 e. The zero-order valence-electron chi connectivity index (χ0n) is 22.9. The molecule has 0 aliphatic heterocycles. The van der Waals surface area contributed by atoms with Crippen LogP contribution < -0.4 is 14.2 Å². The lowest BCUT2D eigenvalue weighted by Crippen LogP contribution is -2.31. The lowest BCUT2D eigenvalue weighted by atomic mass is 10.1. The van der Waals surface area contributed by atoms with E-state index in [1.165, 1.54) is 37.8 Å². The first kappa shape index (κ1) is 31.1. The van der Waals surface area contributed by atoms with Crippen LogP contribution >= 0.6 is 11.6 Å². The van der Waals surface area contributed by atoms with Gasteiger partial charge in [-0.05, 0) is 59.7 Å². The van der Waals surface area contributed by atoms with Crippen molar-refractivity contribution in [2.24, 2.45) is 0 Å². The summed E-state index contributed by atoms with van der Waals surface area (Å²) in [5.41, 5.74) is 0.969. The van der Waals surface area contributed by atoms with Gasteiger partial charge in [-0.2, -0.15) is 17.5 Å². The van der Waals surface area contributed by atoms with Gasteiger partial charge >= 0.3 is 6.18 Å². The number of methoxy groups -OCH3 is 3. The molecular weight excluding hydrogens is 595 g/mol. The molecule has 8 nitrogen and oxygen atoms in total. The van der Waals surface area contributed by atoms with E-state index in [9.17, 15) is 21.6 Å². The third kappa shape index (κ3) is 7.50. The van der Waals surface area contributed by atoms with Crippen LogP contribution in [0.4, 0.5) is 13.2 Å². The van der Waals surface area contributed by atoms with Crippen LogP contribution in [0.5, 0.6) is 17.2 Å². The fourth-order valence-corrected chi connectivity index (χ4v) is 5.86. The Morgan fingerprint density at radius 3 is 1.81 bits per heavy atom. The molecule has 4 rings (SSSR count). The quantitative estimate of drug-likeness (QED) is 0.192. The molecule has 42 heavy (non-hydrogen) atoms. The Bertz CT molecular complexity index is 1580. The topological polar surface area (TPSA) is 90.9 Å². The predicted octanol–water partition coefficient (Wildman–Crippen LogP) is 6.37. The summed E-state index contributed by atoms with van der Waals surface area (Å²) in [7, 11) is 0.275. The van der Waals surface area contributed by atoms with Gasteiger partial charge in [0.2, 0.25) is 10.0 Å². The third-order valence-corrected chi connectivity index (χ3v) is 8.43. The van der Waals surface area contributed by atoms with Gasteiger partial charge in [0.05, 0.1) is 38.3 Å². The molecule has 0 N–H and O–H groups in total. The minimum atomic E-state index is -4.58. The van der Waals surface area contributed by atoms with Gasteiger partial charge in [-0.1, -0.05) is 35.9 Å². The number of ether oxygens (including phenoxy) is 3. The maximum absolute atomic E-state index is 13.9. The van der Waals surface area contributed by atoms with E-state index in [1.807, 2.05) is 0 Å². The van der Waals surface area contributed by atoms with E-state index in [0.717, 1.165) is 23.3 Å². The molecular formula is C29H27ClF3N3O5S. The molecule has 4 aromatic rings. The molecule has 222 valence electrons. The van der Waals surface area contributed by atoms with E-state index < -0.39 is 27.5 Å². The van der Waals surface area contributed by atoms with Crippen LogP contribution in [0, 0.1) is 0 Å². The van der Waals surface area contributed by atoms with Crippen molar-refractivity contribution in [3.8, 4) is 28.5 Å². The number of halogens is 4. The maximum atomic E-state index is 13.9. The molecule has 0 aliphatic carbocycles. The largest absolute Gasteiger partial charge is 0.497 e. The number of nitrogens with zero attached hydrogens (tertiary/aromatic N) is 3. The number of hydrogen-bond acceptors (Lipinski definition) is 7. The number of alkyl halides is 3. The summed E-state index contributed by atoms with van der Waals surface area (Å²) < 4.78 is 84.2. The van der Waals surface area contributed by atoms with Crippen molar-refractivity contribution in [1.29, 1.82) is 0 Å². The van der Waals surface area contributed by atoms with E-state index in [1.54, 1.807) is 48.5 Å². The molecule has 0 amide bonds. The first-order valence-corrected chi connectivity index (χ1v) is 14.4. The molecule has 0 unspecified atom stereocenters. The third-order valence-electron chi connectivity index (χ3n) is 6.39. The zero-order chi connectivity index (χ0) is 30.5. The number of sulfonamides is 1. The number of benzene rings is 3. The molecule has 0 spiro atoms. The highest BCUT2D eigenvalue weighted by molar-refractivity contribution is 7.88. The minimum Gasteiger partial charge on any atom is -0.497 e. The van der Waals surface area contributed by atoms with Crippen molar-refractivity contribution in [2.45, 2.75) is 25.0 Å². The predicted molar refractivity (Wildman–Crippen MR) is 152 cm³/mol. The molecule has 0 atom stereocenters. The Morgan fingerprint density at radius 1 is 0.786 bits per heavy atom. The summed E-state index contributed by atoms with van der Waals surface area (Å²) in [6.45, 7) is 0.0994. The van der Waals surface area contributed by atoms with E-state index in [0.29, 0.717) is 11.5 Å². The first-order chi connectivity index (χ1) is 19.9. The monoisotopic (exact) mass is 621 g/mol. The van der Waals surface area contributed by atoms with E-state index >= 15 is 0 Å². The second-order valence-electron chi connectivity index (χ2n) is 9.18. The Morgan fingerprint density at radius 2 is 1.33 bits per heavy atom. The summed E-state index contributed by atoms with van der Waals surface area (Å²) in [6.07, 6.45) is -4.58. The molecule has 0 bridgehead atoms. The van der Waals surface area contributed by atoms with Crippen molar-refractivity contribution >= 4 is 21.6 Å². The second kappa shape index (κ2) is 13.0. The van der Waals surface area contributed by atoms with Crippen LogP contribution in [0.15, 0.2) is 72.8 Å². The molecule has 0 fully saturated rings. The minimum absolute atomic E-state index is 0.0497. The van der Waals surface area contributed by atoms with Crippen molar-refractivity contribution in [1.82, 2.24) is 14.5 Å². The van der Waals surface area contributed by atoms with E-state index in [4.69, 9.17) is 25.8 Å². The average Bonchev–Trinajstić information content (AvgIpc) is 2.97. The van der Waals surface area contributed by atoms with Crippen LogP contribution in [-0.2, 0) is 35.0 Å². The highest BCUT2D eigenvalue weighted by Gasteiger charge is 2.32. The summed E-state index contributed by atoms with van der Waals surface area (Å²) in [5.74, 6) is 0.619. The van der Waals surface area contributed by atoms with Crippen LogP contribution in [-0.4, -0.2) is 44.2 Å². The van der Waals surface area contributed by atoms with Crippen LogP contribution in [0.25, 0.3) is 11.3 Å². The Kier molecular flexibility index (Phi) is 9.60. The number of hydrogen-bond donors (Lipinski definition) is 0.